The molecule has 3 saturated heterocycles. The van der Waals surface area contributed by atoms with Gasteiger partial charge in [0.25, 0.3) is 0 Å². The van der Waals surface area contributed by atoms with Gasteiger partial charge in [0.2, 0.25) is 0 Å². The third-order valence-electron chi connectivity index (χ3n) is 3.28. The molecule has 0 bridgehead atoms. The van der Waals surface area contributed by atoms with Crippen molar-refractivity contribution in [3.63, 3.8) is 0 Å². The minimum atomic E-state index is -1.62. The van der Waals surface area contributed by atoms with Crippen molar-refractivity contribution in [3.05, 3.63) is 0 Å². The predicted octanol–water partition coefficient (Wildman–Crippen LogP) is 0.375. The van der Waals surface area contributed by atoms with Crippen LogP contribution < -0.4 is 0 Å². The van der Waals surface area contributed by atoms with E-state index < -0.39 is 36.2 Å². The summed E-state index contributed by atoms with van der Waals surface area (Å²) < 4.78 is 36.1. The van der Waals surface area contributed by atoms with E-state index in [4.69, 9.17) is 25.1 Å². The first-order chi connectivity index (χ1) is 8.63. The average Bonchev–Trinajstić information content (AvgIpc) is 2.79. The Morgan fingerprint density at radius 2 is 1.78 bits per heavy atom. The van der Waals surface area contributed by atoms with Gasteiger partial charge < -0.3 is 28.8 Å². The van der Waals surface area contributed by atoms with Crippen LogP contribution in [0.15, 0.2) is 0 Å². The predicted molar refractivity (Wildman–Crippen MR) is 59.6 cm³/mol. The van der Waals surface area contributed by atoms with Crippen LogP contribution in [0, 0.1) is 0 Å². The van der Waals surface area contributed by atoms with Crippen LogP contribution in [0.2, 0.25) is 0 Å². The second-order valence-electron chi connectivity index (χ2n) is 5.76. The summed E-state index contributed by atoms with van der Waals surface area (Å²) in [5, 5.41) is 9.94. The van der Waals surface area contributed by atoms with E-state index >= 15 is 0 Å². The van der Waals surface area contributed by atoms with Crippen LogP contribution in [0.5, 0.6) is 0 Å². The summed E-state index contributed by atoms with van der Waals surface area (Å²) in [5.74, 6) is -1.62. The smallest absolute Gasteiger partial charge is 0.184 e. The summed E-state index contributed by atoms with van der Waals surface area (Å²) in [7, 11) is 0. The lowest BCUT2D eigenvalue weighted by atomic mass is 10.1. The van der Waals surface area contributed by atoms with Crippen molar-refractivity contribution in [1.82, 2.24) is 0 Å². The number of aliphatic hydroxyl groups is 1. The number of hydrogen-bond acceptors (Lipinski definition) is 6. The largest absolute Gasteiger partial charge is 0.366 e. The molecule has 0 aromatic rings. The number of ether oxygens (including phenoxy) is 5. The molecule has 0 spiro atoms. The molecule has 0 aliphatic carbocycles. The van der Waals surface area contributed by atoms with Crippen LogP contribution in [0.1, 0.15) is 29.1 Å². The topological polar surface area (TPSA) is 66.4 Å². The Bertz CT molecular complexity index is 386. The van der Waals surface area contributed by atoms with Gasteiger partial charge in [-0.1, -0.05) is 0 Å². The molecule has 6 heteroatoms. The lowest BCUT2D eigenvalue weighted by molar-refractivity contribution is -0.236. The van der Waals surface area contributed by atoms with Crippen LogP contribution in [0.3, 0.4) is 0 Å². The fourth-order valence-electron chi connectivity index (χ4n) is 2.60. The quantitative estimate of drug-likeness (QED) is 0.736. The second kappa shape index (κ2) is 3.88. The van der Waals surface area contributed by atoms with Crippen LogP contribution in [0.25, 0.3) is 0 Å². The standard InChI is InChI=1S/C12H20O6/c1-11(2)14-5-6(16-11)7-8-9(10(13)15-7)18-12(3,4)17-8/h6-10,13H,5H2,1-4H3/t6-,7-,8-,9-,10?/m1/s1/i9D. The van der Waals surface area contributed by atoms with Crippen molar-refractivity contribution >= 4 is 0 Å². The molecule has 1 N–H and O–H groups in total. The van der Waals surface area contributed by atoms with E-state index in [0.717, 1.165) is 0 Å². The first kappa shape index (κ1) is 11.6. The van der Waals surface area contributed by atoms with Gasteiger partial charge in [0.05, 0.1) is 7.98 Å². The molecular formula is C12H20O6. The van der Waals surface area contributed by atoms with E-state index in [1.54, 1.807) is 13.8 Å². The third-order valence-corrected chi connectivity index (χ3v) is 3.28. The van der Waals surface area contributed by atoms with E-state index in [2.05, 4.69) is 0 Å². The van der Waals surface area contributed by atoms with Gasteiger partial charge in [0.15, 0.2) is 17.9 Å². The highest BCUT2D eigenvalue weighted by molar-refractivity contribution is 4.99. The molecule has 6 nitrogen and oxygen atoms in total. The molecule has 3 fully saturated rings. The van der Waals surface area contributed by atoms with Crippen molar-refractivity contribution in [2.75, 3.05) is 6.61 Å². The molecule has 0 aromatic heterocycles. The molecule has 0 amide bonds. The van der Waals surface area contributed by atoms with Gasteiger partial charge in [0.1, 0.15) is 24.4 Å². The number of fused-ring (bicyclic) bond motifs is 1. The molecular weight excluding hydrogens is 240 g/mol. The molecule has 3 heterocycles. The Kier molecular flexibility index (Phi) is 2.49. The van der Waals surface area contributed by atoms with Crippen molar-refractivity contribution in [2.45, 2.75) is 70.0 Å². The van der Waals surface area contributed by atoms with Gasteiger partial charge in [-0.15, -0.1) is 0 Å². The van der Waals surface area contributed by atoms with Crippen LogP contribution in [0.4, 0.5) is 0 Å². The molecule has 18 heavy (non-hydrogen) atoms. The summed E-state index contributed by atoms with van der Waals surface area (Å²) in [4.78, 5) is 0. The Hall–Kier alpha value is -0.240. The van der Waals surface area contributed by atoms with E-state index in [-0.39, 0.29) is 6.10 Å². The SMILES string of the molecule is [2H][C@@]12OC(C)(C)O[C@@H]1[C@@H]([C@H]1COC(C)(C)O1)OC2O. The first-order valence-corrected chi connectivity index (χ1v) is 6.16. The molecule has 104 valence electrons. The zero-order valence-corrected chi connectivity index (χ0v) is 11.0. The van der Waals surface area contributed by atoms with E-state index in [1.807, 2.05) is 13.8 Å². The number of aliphatic hydroxyl groups excluding tert-OH is 1. The van der Waals surface area contributed by atoms with E-state index in [0.29, 0.717) is 6.61 Å². The van der Waals surface area contributed by atoms with Crippen molar-refractivity contribution in [2.24, 2.45) is 0 Å². The fourth-order valence-corrected chi connectivity index (χ4v) is 2.60. The molecule has 3 aliphatic rings. The lowest BCUT2D eigenvalue weighted by Gasteiger charge is -2.26. The Labute approximate surface area is 108 Å². The molecule has 3 rings (SSSR count). The average molecular weight is 261 g/mol. The fraction of sp³-hybridized carbons (Fsp3) is 1.00. The van der Waals surface area contributed by atoms with Crippen molar-refractivity contribution in [1.29, 1.82) is 0 Å². The molecule has 5 atom stereocenters. The first-order valence-electron chi connectivity index (χ1n) is 6.66. The van der Waals surface area contributed by atoms with E-state index in [9.17, 15) is 5.11 Å². The highest BCUT2D eigenvalue weighted by atomic mass is 16.8. The van der Waals surface area contributed by atoms with Gasteiger partial charge in [-0.05, 0) is 27.7 Å². The van der Waals surface area contributed by atoms with Gasteiger partial charge in [-0.2, -0.15) is 0 Å². The van der Waals surface area contributed by atoms with Crippen molar-refractivity contribution < 1.29 is 30.2 Å². The normalized spacial score (nSPS) is 54.4. The summed E-state index contributed by atoms with van der Waals surface area (Å²) in [6, 6.07) is 0. The molecule has 0 saturated carbocycles. The summed E-state index contributed by atoms with van der Waals surface area (Å²) in [6.45, 7) is 7.37. The molecule has 0 radical (unpaired) electrons. The zero-order chi connectivity index (χ0) is 14.1. The van der Waals surface area contributed by atoms with Crippen molar-refractivity contribution in [3.8, 4) is 0 Å². The molecule has 3 aliphatic heterocycles. The maximum atomic E-state index is 9.94. The minimum absolute atomic E-state index is 0.334. The second-order valence-corrected chi connectivity index (χ2v) is 5.76. The Balaban J connectivity index is 1.82. The van der Waals surface area contributed by atoms with Gasteiger partial charge >= 0.3 is 0 Å². The summed E-state index contributed by atoms with van der Waals surface area (Å²) in [6.07, 6.45) is -4.67. The van der Waals surface area contributed by atoms with E-state index in [1.165, 1.54) is 0 Å². The van der Waals surface area contributed by atoms with Crippen LogP contribution in [-0.4, -0.2) is 54.0 Å². The third kappa shape index (κ3) is 2.07. The monoisotopic (exact) mass is 261 g/mol. The number of rotatable bonds is 1. The van der Waals surface area contributed by atoms with Gasteiger partial charge in [0, 0.05) is 0 Å². The number of hydrogen-bond donors (Lipinski definition) is 1. The summed E-state index contributed by atoms with van der Waals surface area (Å²) >= 11 is 0. The molecule has 0 aromatic carbocycles. The zero-order valence-electron chi connectivity index (χ0n) is 12.0. The lowest BCUT2D eigenvalue weighted by Crippen LogP contribution is -2.40. The van der Waals surface area contributed by atoms with Crippen LogP contribution in [-0.2, 0) is 23.7 Å². The minimum Gasteiger partial charge on any atom is -0.366 e. The summed E-state index contributed by atoms with van der Waals surface area (Å²) in [5.41, 5.74) is 0. The maximum absolute atomic E-state index is 9.94. The molecule has 1 unspecified atom stereocenters. The van der Waals surface area contributed by atoms with Gasteiger partial charge in [-0.25, -0.2) is 0 Å². The van der Waals surface area contributed by atoms with Crippen LogP contribution >= 0.6 is 0 Å². The highest BCUT2D eigenvalue weighted by Crippen LogP contribution is 2.41. The van der Waals surface area contributed by atoms with Gasteiger partial charge in [-0.3, -0.25) is 0 Å². The maximum Gasteiger partial charge on any atom is 0.184 e. The Morgan fingerprint density at radius 3 is 2.39 bits per heavy atom. The Morgan fingerprint density at radius 1 is 1.06 bits per heavy atom. The highest BCUT2D eigenvalue weighted by Gasteiger charge is 2.58.